The molecule has 0 unspecified atom stereocenters. The van der Waals surface area contributed by atoms with E-state index in [0.29, 0.717) is 5.92 Å². The predicted octanol–water partition coefficient (Wildman–Crippen LogP) is 4.30. The molecule has 0 spiro atoms. The quantitative estimate of drug-likeness (QED) is 0.760. The van der Waals surface area contributed by atoms with Crippen molar-refractivity contribution in [2.24, 2.45) is 0 Å². The van der Waals surface area contributed by atoms with Gasteiger partial charge >= 0.3 is 0 Å². The van der Waals surface area contributed by atoms with Crippen molar-refractivity contribution < 1.29 is 0 Å². The van der Waals surface area contributed by atoms with E-state index in [9.17, 15) is 0 Å². The fourth-order valence-corrected chi connectivity index (χ4v) is 3.17. The summed E-state index contributed by atoms with van der Waals surface area (Å²) in [5.41, 5.74) is 2.29. The van der Waals surface area contributed by atoms with Crippen molar-refractivity contribution in [3.05, 3.63) is 29.0 Å². The van der Waals surface area contributed by atoms with E-state index in [1.54, 1.807) is 0 Å². The second-order valence-corrected chi connectivity index (χ2v) is 6.35. The fraction of sp³-hybridized carbons (Fsp3) is 0.588. The highest BCUT2D eigenvalue weighted by Crippen LogP contribution is 2.41. The first kappa shape index (κ1) is 14.9. The first-order valence-electron chi connectivity index (χ1n) is 8.11. The van der Waals surface area contributed by atoms with Crippen molar-refractivity contribution in [1.82, 2.24) is 14.5 Å². The lowest BCUT2D eigenvalue weighted by atomic mass is 10.3. The normalized spacial score (nSPS) is 15.2. The molecule has 0 radical (unpaired) electrons. The summed E-state index contributed by atoms with van der Waals surface area (Å²) in [6.07, 6.45) is 3.75. The monoisotopic (exact) mass is 305 g/mol. The van der Waals surface area contributed by atoms with Crippen molar-refractivity contribution in [3.8, 4) is 0 Å². The number of aromatic nitrogens is 2. The van der Waals surface area contributed by atoms with Crippen LogP contribution in [0.3, 0.4) is 0 Å². The maximum absolute atomic E-state index is 6.10. The van der Waals surface area contributed by atoms with Gasteiger partial charge in [0.1, 0.15) is 5.82 Å². The molecule has 4 heteroatoms. The molecule has 1 aromatic carbocycles. The predicted molar refractivity (Wildman–Crippen MR) is 89.1 cm³/mol. The summed E-state index contributed by atoms with van der Waals surface area (Å²) in [6.45, 7) is 8.94. The van der Waals surface area contributed by atoms with E-state index in [1.807, 2.05) is 12.1 Å². The van der Waals surface area contributed by atoms with Crippen LogP contribution in [-0.2, 0) is 6.54 Å². The Kier molecular flexibility index (Phi) is 4.51. The van der Waals surface area contributed by atoms with Gasteiger partial charge in [0.2, 0.25) is 0 Å². The van der Waals surface area contributed by atoms with Gasteiger partial charge in [0.25, 0.3) is 0 Å². The second-order valence-electron chi connectivity index (χ2n) is 5.91. The number of imidazole rings is 1. The van der Waals surface area contributed by atoms with Gasteiger partial charge in [0, 0.05) is 17.5 Å². The molecule has 1 heterocycles. The summed E-state index contributed by atoms with van der Waals surface area (Å²) in [5, 5.41) is 0.776. The number of aryl methyl sites for hydroxylation is 1. The Labute approximate surface area is 131 Å². The molecule has 1 fully saturated rings. The largest absolute Gasteiger partial charge is 0.328 e. The van der Waals surface area contributed by atoms with Gasteiger partial charge in [-0.05, 0) is 57.1 Å². The molecule has 1 aromatic heterocycles. The molecule has 0 atom stereocenters. The molecule has 1 aliphatic carbocycles. The van der Waals surface area contributed by atoms with Crippen molar-refractivity contribution >= 4 is 22.6 Å². The summed E-state index contributed by atoms with van der Waals surface area (Å²) < 4.78 is 2.42. The van der Waals surface area contributed by atoms with Crippen molar-refractivity contribution in [3.63, 3.8) is 0 Å². The average molecular weight is 306 g/mol. The van der Waals surface area contributed by atoms with Crippen molar-refractivity contribution in [2.75, 3.05) is 19.6 Å². The third-order valence-corrected chi connectivity index (χ3v) is 4.67. The Balaban J connectivity index is 1.80. The van der Waals surface area contributed by atoms with Crippen LogP contribution >= 0.6 is 11.6 Å². The summed E-state index contributed by atoms with van der Waals surface area (Å²) >= 11 is 6.10. The lowest BCUT2D eigenvalue weighted by Crippen LogP contribution is -2.25. The van der Waals surface area contributed by atoms with Gasteiger partial charge in [-0.2, -0.15) is 0 Å². The molecule has 2 aromatic rings. The van der Waals surface area contributed by atoms with E-state index in [4.69, 9.17) is 16.6 Å². The van der Waals surface area contributed by atoms with E-state index in [2.05, 4.69) is 29.4 Å². The SMILES string of the molecule is CCN(CC)CCCn1c(C2CC2)nc2cc(Cl)ccc21. The van der Waals surface area contributed by atoms with Crippen LogP contribution in [0, 0.1) is 0 Å². The van der Waals surface area contributed by atoms with Crippen LogP contribution in [0.4, 0.5) is 0 Å². The van der Waals surface area contributed by atoms with E-state index in [1.165, 1.54) is 30.6 Å². The van der Waals surface area contributed by atoms with E-state index in [-0.39, 0.29) is 0 Å². The Morgan fingerprint density at radius 2 is 2.05 bits per heavy atom. The van der Waals surface area contributed by atoms with Gasteiger partial charge < -0.3 is 9.47 Å². The maximum atomic E-state index is 6.10. The molecule has 1 aliphatic rings. The first-order valence-corrected chi connectivity index (χ1v) is 8.48. The van der Waals surface area contributed by atoms with Gasteiger partial charge in [-0.25, -0.2) is 4.98 Å². The highest BCUT2D eigenvalue weighted by Gasteiger charge is 2.29. The minimum atomic E-state index is 0.671. The number of rotatable bonds is 7. The zero-order valence-corrected chi connectivity index (χ0v) is 13.7. The van der Waals surface area contributed by atoms with Crippen LogP contribution < -0.4 is 0 Å². The summed E-state index contributed by atoms with van der Waals surface area (Å²) in [4.78, 5) is 7.32. The fourth-order valence-electron chi connectivity index (χ4n) is 3.00. The summed E-state index contributed by atoms with van der Waals surface area (Å²) in [6, 6.07) is 6.08. The van der Waals surface area contributed by atoms with E-state index >= 15 is 0 Å². The molecule has 1 saturated carbocycles. The molecular weight excluding hydrogens is 282 g/mol. The molecule has 0 saturated heterocycles. The number of fused-ring (bicyclic) bond motifs is 1. The van der Waals surface area contributed by atoms with Gasteiger partial charge in [-0.15, -0.1) is 0 Å². The van der Waals surface area contributed by atoms with Crippen LogP contribution in [0.1, 0.15) is 44.9 Å². The smallest absolute Gasteiger partial charge is 0.112 e. The van der Waals surface area contributed by atoms with Crippen molar-refractivity contribution in [1.29, 1.82) is 0 Å². The Morgan fingerprint density at radius 1 is 1.29 bits per heavy atom. The molecular formula is C17H24ClN3. The minimum absolute atomic E-state index is 0.671. The number of hydrogen-bond acceptors (Lipinski definition) is 2. The second kappa shape index (κ2) is 6.37. The number of nitrogens with zero attached hydrogens (tertiary/aromatic N) is 3. The molecule has 0 aliphatic heterocycles. The molecule has 0 amide bonds. The third kappa shape index (κ3) is 3.24. The molecule has 114 valence electrons. The third-order valence-electron chi connectivity index (χ3n) is 4.43. The number of hydrogen-bond donors (Lipinski definition) is 0. The summed E-state index contributed by atoms with van der Waals surface area (Å²) in [5.74, 6) is 1.94. The van der Waals surface area contributed by atoms with Crippen LogP contribution in [0.2, 0.25) is 5.02 Å². The van der Waals surface area contributed by atoms with Gasteiger partial charge in [-0.1, -0.05) is 25.4 Å². The number of halogens is 1. The highest BCUT2D eigenvalue weighted by atomic mass is 35.5. The Morgan fingerprint density at radius 3 is 2.71 bits per heavy atom. The van der Waals surface area contributed by atoms with E-state index in [0.717, 1.165) is 36.7 Å². The van der Waals surface area contributed by atoms with Crippen LogP contribution in [-0.4, -0.2) is 34.1 Å². The zero-order valence-electron chi connectivity index (χ0n) is 13.0. The Hall–Kier alpha value is -1.06. The van der Waals surface area contributed by atoms with E-state index < -0.39 is 0 Å². The highest BCUT2D eigenvalue weighted by molar-refractivity contribution is 6.31. The minimum Gasteiger partial charge on any atom is -0.328 e. The lowest BCUT2D eigenvalue weighted by molar-refractivity contribution is 0.293. The summed E-state index contributed by atoms with van der Waals surface area (Å²) in [7, 11) is 0. The zero-order chi connectivity index (χ0) is 14.8. The topological polar surface area (TPSA) is 21.1 Å². The standard InChI is InChI=1S/C17H24ClN3/c1-3-20(4-2)10-5-11-21-16-9-8-14(18)12-15(16)19-17(21)13-6-7-13/h8-9,12-13H,3-7,10-11H2,1-2H3. The number of benzene rings is 1. The van der Waals surface area contributed by atoms with Crippen molar-refractivity contribution in [2.45, 2.75) is 45.6 Å². The maximum Gasteiger partial charge on any atom is 0.112 e. The molecule has 21 heavy (non-hydrogen) atoms. The van der Waals surface area contributed by atoms with Gasteiger partial charge in [0.05, 0.1) is 11.0 Å². The molecule has 3 rings (SSSR count). The van der Waals surface area contributed by atoms with Crippen LogP contribution in [0.15, 0.2) is 18.2 Å². The molecule has 0 N–H and O–H groups in total. The van der Waals surface area contributed by atoms with Gasteiger partial charge in [0.15, 0.2) is 0 Å². The van der Waals surface area contributed by atoms with Crippen LogP contribution in [0.25, 0.3) is 11.0 Å². The average Bonchev–Trinajstić information content (AvgIpc) is 3.27. The Bertz CT molecular complexity index is 612. The van der Waals surface area contributed by atoms with Crippen LogP contribution in [0.5, 0.6) is 0 Å². The first-order chi connectivity index (χ1) is 10.2. The molecule has 3 nitrogen and oxygen atoms in total. The lowest BCUT2D eigenvalue weighted by Gasteiger charge is -2.18. The molecule has 0 bridgehead atoms. The van der Waals surface area contributed by atoms with Gasteiger partial charge in [-0.3, -0.25) is 0 Å².